The third-order valence-electron chi connectivity index (χ3n) is 5.21. The van der Waals surface area contributed by atoms with Crippen LogP contribution in [0.1, 0.15) is 35.1 Å². The summed E-state index contributed by atoms with van der Waals surface area (Å²) < 4.78 is 66.4. The standard InChI is InChI=1S/C22H16F3N3O3S/c23-22(24,25)32(29,30)31-21-19(12-26)17(14-6-8-15(27)9-7-14)11-20(28-21)18-10-16(18)13-4-2-1-3-5-13/h1-9,11,16,18H,10,27H2. The molecule has 0 amide bonds. The Kier molecular flexibility index (Phi) is 5.30. The number of pyridine rings is 1. The third kappa shape index (κ3) is 4.11. The highest BCUT2D eigenvalue weighted by molar-refractivity contribution is 7.87. The van der Waals surface area contributed by atoms with Gasteiger partial charge in [0.15, 0.2) is 0 Å². The van der Waals surface area contributed by atoms with E-state index in [-0.39, 0.29) is 17.4 Å². The Hall–Kier alpha value is -3.58. The summed E-state index contributed by atoms with van der Waals surface area (Å²) in [5.74, 6) is -0.982. The Bertz CT molecular complexity index is 1300. The summed E-state index contributed by atoms with van der Waals surface area (Å²) in [6.45, 7) is 0. The van der Waals surface area contributed by atoms with Crippen LogP contribution < -0.4 is 9.92 Å². The van der Waals surface area contributed by atoms with Gasteiger partial charge in [-0.15, -0.1) is 0 Å². The van der Waals surface area contributed by atoms with Crippen LogP contribution in [0.4, 0.5) is 18.9 Å². The first kappa shape index (κ1) is 21.6. The molecule has 0 saturated heterocycles. The number of nitrogen functional groups attached to an aromatic ring is 1. The molecule has 0 bridgehead atoms. The molecule has 1 aliphatic carbocycles. The summed E-state index contributed by atoms with van der Waals surface area (Å²) >= 11 is 0. The van der Waals surface area contributed by atoms with Crippen LogP contribution in [0, 0.1) is 11.3 Å². The van der Waals surface area contributed by atoms with Crippen molar-refractivity contribution < 1.29 is 25.8 Å². The van der Waals surface area contributed by atoms with E-state index in [1.807, 2.05) is 30.3 Å². The molecule has 2 unspecified atom stereocenters. The van der Waals surface area contributed by atoms with Crippen molar-refractivity contribution in [3.05, 3.63) is 77.5 Å². The molecule has 4 rings (SSSR count). The number of nitrogens with zero attached hydrogens (tertiary/aromatic N) is 2. The minimum Gasteiger partial charge on any atom is -0.399 e. The zero-order valence-electron chi connectivity index (χ0n) is 16.4. The van der Waals surface area contributed by atoms with Crippen molar-refractivity contribution >= 4 is 15.8 Å². The quantitative estimate of drug-likeness (QED) is 0.337. The van der Waals surface area contributed by atoms with Crippen molar-refractivity contribution in [2.24, 2.45) is 0 Å². The molecule has 3 aromatic rings. The van der Waals surface area contributed by atoms with E-state index in [1.54, 1.807) is 36.4 Å². The number of halogens is 3. The van der Waals surface area contributed by atoms with E-state index >= 15 is 0 Å². The Labute approximate surface area is 182 Å². The number of benzene rings is 2. The average Bonchev–Trinajstić information content (AvgIpc) is 3.54. The van der Waals surface area contributed by atoms with Gasteiger partial charge in [-0.05, 0) is 41.7 Å². The summed E-state index contributed by atoms with van der Waals surface area (Å²) in [7, 11) is -6.01. The Morgan fingerprint density at radius 2 is 1.72 bits per heavy atom. The largest absolute Gasteiger partial charge is 0.534 e. The van der Waals surface area contributed by atoms with Gasteiger partial charge in [0.2, 0.25) is 0 Å². The van der Waals surface area contributed by atoms with Gasteiger partial charge >= 0.3 is 15.6 Å². The van der Waals surface area contributed by atoms with Crippen LogP contribution in [-0.4, -0.2) is 18.9 Å². The highest BCUT2D eigenvalue weighted by atomic mass is 32.2. The molecule has 1 heterocycles. The maximum atomic E-state index is 12.9. The number of alkyl halides is 3. The molecule has 2 atom stereocenters. The molecule has 0 aliphatic heterocycles. The summed E-state index contributed by atoms with van der Waals surface area (Å²) in [4.78, 5) is 4.04. The smallest absolute Gasteiger partial charge is 0.399 e. The van der Waals surface area contributed by atoms with E-state index in [1.165, 1.54) is 0 Å². The van der Waals surface area contributed by atoms with Gasteiger partial charge in [-0.25, -0.2) is 4.98 Å². The van der Waals surface area contributed by atoms with E-state index in [0.29, 0.717) is 23.4 Å². The van der Waals surface area contributed by atoms with Crippen LogP contribution in [0.5, 0.6) is 5.88 Å². The van der Waals surface area contributed by atoms with Gasteiger partial charge in [0.1, 0.15) is 11.6 Å². The molecule has 1 aliphatic rings. The van der Waals surface area contributed by atoms with Crippen molar-refractivity contribution in [3.63, 3.8) is 0 Å². The topological polar surface area (TPSA) is 106 Å². The molecular formula is C22H16F3N3O3S. The van der Waals surface area contributed by atoms with E-state index < -0.39 is 27.1 Å². The number of nitrogens with two attached hydrogens (primary N) is 1. The number of aromatic nitrogens is 1. The molecule has 32 heavy (non-hydrogen) atoms. The summed E-state index contributed by atoms with van der Waals surface area (Å²) in [6.07, 6.45) is 0.676. The highest BCUT2D eigenvalue weighted by Gasteiger charge is 2.49. The molecule has 0 radical (unpaired) electrons. The second kappa shape index (κ2) is 7.84. The van der Waals surface area contributed by atoms with E-state index in [9.17, 15) is 26.9 Å². The molecule has 1 saturated carbocycles. The monoisotopic (exact) mass is 459 g/mol. The molecule has 6 nitrogen and oxygen atoms in total. The first-order valence-electron chi connectivity index (χ1n) is 9.47. The molecule has 164 valence electrons. The van der Waals surface area contributed by atoms with Crippen LogP contribution in [-0.2, 0) is 10.1 Å². The third-order valence-corrected chi connectivity index (χ3v) is 6.15. The van der Waals surface area contributed by atoms with Gasteiger partial charge in [-0.1, -0.05) is 42.5 Å². The fourth-order valence-corrected chi connectivity index (χ4v) is 3.95. The van der Waals surface area contributed by atoms with E-state index in [0.717, 1.165) is 5.56 Å². The van der Waals surface area contributed by atoms with Gasteiger partial charge < -0.3 is 9.92 Å². The van der Waals surface area contributed by atoms with Crippen LogP contribution >= 0.6 is 0 Å². The Morgan fingerprint density at radius 1 is 1.06 bits per heavy atom. The van der Waals surface area contributed by atoms with Crippen LogP contribution in [0.25, 0.3) is 11.1 Å². The second-order valence-corrected chi connectivity index (χ2v) is 8.89. The number of anilines is 1. The lowest BCUT2D eigenvalue weighted by atomic mass is 9.98. The molecule has 10 heteroatoms. The summed E-state index contributed by atoms with van der Waals surface area (Å²) in [6, 6.07) is 19.1. The lowest BCUT2D eigenvalue weighted by molar-refractivity contribution is -0.0501. The van der Waals surface area contributed by atoms with Crippen molar-refractivity contribution in [1.82, 2.24) is 4.98 Å². The molecule has 2 N–H and O–H groups in total. The number of hydrogen-bond donors (Lipinski definition) is 1. The van der Waals surface area contributed by atoms with Crippen molar-refractivity contribution in [2.75, 3.05) is 5.73 Å². The molecule has 0 spiro atoms. The van der Waals surface area contributed by atoms with Gasteiger partial charge in [-0.2, -0.15) is 26.9 Å². The fraction of sp³-hybridized carbons (Fsp3) is 0.182. The Balaban J connectivity index is 1.83. The number of nitriles is 1. The predicted octanol–water partition coefficient (Wildman–Crippen LogP) is 4.70. The molecule has 2 aromatic carbocycles. The van der Waals surface area contributed by atoms with E-state index in [4.69, 9.17) is 5.73 Å². The Morgan fingerprint density at radius 3 is 2.31 bits per heavy atom. The van der Waals surface area contributed by atoms with Gasteiger partial charge in [0.25, 0.3) is 5.88 Å². The molecule has 1 aromatic heterocycles. The fourth-order valence-electron chi connectivity index (χ4n) is 3.53. The second-order valence-electron chi connectivity index (χ2n) is 7.35. The number of rotatable bonds is 5. The maximum absolute atomic E-state index is 12.9. The number of hydrogen-bond acceptors (Lipinski definition) is 6. The van der Waals surface area contributed by atoms with Crippen molar-refractivity contribution in [1.29, 1.82) is 5.26 Å². The van der Waals surface area contributed by atoms with E-state index in [2.05, 4.69) is 9.17 Å². The van der Waals surface area contributed by atoms with Gasteiger partial charge in [-0.3, -0.25) is 0 Å². The maximum Gasteiger partial charge on any atom is 0.534 e. The molecular weight excluding hydrogens is 443 g/mol. The zero-order chi connectivity index (χ0) is 23.1. The lowest BCUT2D eigenvalue weighted by Gasteiger charge is -2.14. The zero-order valence-corrected chi connectivity index (χ0v) is 17.2. The van der Waals surface area contributed by atoms with Crippen molar-refractivity contribution in [2.45, 2.75) is 23.8 Å². The van der Waals surface area contributed by atoms with Gasteiger partial charge in [0.05, 0.1) is 0 Å². The first-order valence-corrected chi connectivity index (χ1v) is 10.9. The summed E-state index contributed by atoms with van der Waals surface area (Å²) in [5.41, 5.74) is 2.12. The lowest BCUT2D eigenvalue weighted by Crippen LogP contribution is -2.28. The minimum absolute atomic E-state index is 0.0722. The van der Waals surface area contributed by atoms with Crippen LogP contribution in [0.3, 0.4) is 0 Å². The van der Waals surface area contributed by atoms with Crippen molar-refractivity contribution in [3.8, 4) is 23.1 Å². The predicted molar refractivity (Wildman–Crippen MR) is 111 cm³/mol. The van der Waals surface area contributed by atoms with Gasteiger partial charge in [0, 0.05) is 22.9 Å². The van der Waals surface area contributed by atoms with Crippen LogP contribution in [0.2, 0.25) is 0 Å². The minimum atomic E-state index is -6.01. The SMILES string of the molecule is N#Cc1c(-c2ccc(N)cc2)cc(C2CC2c2ccccc2)nc1OS(=O)(=O)C(F)(F)F. The normalized spacial score (nSPS) is 18.1. The van der Waals surface area contributed by atoms with Crippen LogP contribution in [0.15, 0.2) is 60.7 Å². The summed E-state index contributed by atoms with van der Waals surface area (Å²) in [5, 5.41) is 9.62. The molecule has 1 fully saturated rings. The average molecular weight is 459 g/mol. The highest BCUT2D eigenvalue weighted by Crippen LogP contribution is 2.55. The first-order chi connectivity index (χ1) is 15.1.